The maximum absolute atomic E-state index is 13.2. The summed E-state index contributed by atoms with van der Waals surface area (Å²) in [5, 5.41) is 8.74. The van der Waals surface area contributed by atoms with Gasteiger partial charge in [-0.15, -0.1) is 0 Å². The summed E-state index contributed by atoms with van der Waals surface area (Å²) in [4.78, 5) is 1.78. The predicted octanol–water partition coefficient (Wildman–Crippen LogP) is 0.932. The molecule has 0 aliphatic carbocycles. The van der Waals surface area contributed by atoms with E-state index in [0.717, 1.165) is 6.07 Å². The van der Waals surface area contributed by atoms with Gasteiger partial charge in [0.1, 0.15) is 5.82 Å². The molecule has 0 aromatic heterocycles. The third-order valence-electron chi connectivity index (χ3n) is 2.72. The molecular weight excluding hydrogens is 243 g/mol. The molecule has 4 nitrogen and oxygen atoms in total. The number of sulfone groups is 1. The van der Waals surface area contributed by atoms with Crippen molar-refractivity contribution in [1.29, 1.82) is 5.26 Å². The van der Waals surface area contributed by atoms with E-state index in [9.17, 15) is 12.8 Å². The highest BCUT2D eigenvalue weighted by molar-refractivity contribution is 7.91. The van der Waals surface area contributed by atoms with Gasteiger partial charge < -0.3 is 4.90 Å². The Morgan fingerprint density at radius 2 is 1.88 bits per heavy atom. The summed E-state index contributed by atoms with van der Waals surface area (Å²) in [7, 11) is -2.95. The molecule has 0 radical (unpaired) electrons. The van der Waals surface area contributed by atoms with Crippen LogP contribution in [-0.4, -0.2) is 33.0 Å². The molecule has 1 aromatic carbocycles. The van der Waals surface area contributed by atoms with E-state index < -0.39 is 15.7 Å². The van der Waals surface area contributed by atoms with Crippen LogP contribution in [0, 0.1) is 17.1 Å². The molecule has 1 aliphatic heterocycles. The van der Waals surface area contributed by atoms with Crippen molar-refractivity contribution in [3.8, 4) is 6.07 Å². The third kappa shape index (κ3) is 2.74. The van der Waals surface area contributed by atoms with Gasteiger partial charge in [0.05, 0.1) is 23.1 Å². The SMILES string of the molecule is N#Cc1cc(F)cc(N2CCS(=O)(=O)CC2)c1. The topological polar surface area (TPSA) is 61.2 Å². The lowest BCUT2D eigenvalue weighted by molar-refractivity contribution is 0.586. The van der Waals surface area contributed by atoms with Crippen LogP contribution >= 0.6 is 0 Å². The van der Waals surface area contributed by atoms with Crippen LogP contribution in [-0.2, 0) is 9.84 Å². The first-order valence-corrected chi connectivity index (χ1v) is 6.98. The fourth-order valence-electron chi connectivity index (χ4n) is 1.79. The lowest BCUT2D eigenvalue weighted by atomic mass is 10.2. The molecule has 0 atom stereocenters. The largest absolute Gasteiger partial charge is 0.369 e. The summed E-state index contributed by atoms with van der Waals surface area (Å²) < 4.78 is 35.8. The van der Waals surface area contributed by atoms with Gasteiger partial charge in [-0.2, -0.15) is 5.26 Å². The van der Waals surface area contributed by atoms with E-state index in [4.69, 9.17) is 5.26 Å². The van der Waals surface area contributed by atoms with E-state index in [1.165, 1.54) is 6.07 Å². The van der Waals surface area contributed by atoms with Crippen LogP contribution in [0.2, 0.25) is 0 Å². The number of rotatable bonds is 1. The second kappa shape index (κ2) is 4.34. The molecule has 2 rings (SSSR count). The Balaban J connectivity index is 2.24. The van der Waals surface area contributed by atoms with Gasteiger partial charge in [-0.1, -0.05) is 0 Å². The molecule has 0 bridgehead atoms. The molecule has 0 spiro atoms. The monoisotopic (exact) mass is 254 g/mol. The van der Waals surface area contributed by atoms with Gasteiger partial charge in [-0.05, 0) is 18.2 Å². The summed E-state index contributed by atoms with van der Waals surface area (Å²) in [6.45, 7) is 0.688. The Bertz CT molecular complexity index is 564. The lowest BCUT2D eigenvalue weighted by Crippen LogP contribution is -2.40. The normalized spacial score (nSPS) is 18.7. The molecule has 0 unspecified atom stereocenters. The van der Waals surface area contributed by atoms with Gasteiger partial charge in [-0.25, -0.2) is 12.8 Å². The fraction of sp³-hybridized carbons (Fsp3) is 0.364. The highest BCUT2D eigenvalue weighted by Gasteiger charge is 2.22. The zero-order valence-corrected chi connectivity index (χ0v) is 9.87. The first-order chi connectivity index (χ1) is 8.00. The Hall–Kier alpha value is -1.61. The van der Waals surface area contributed by atoms with Gasteiger partial charge in [-0.3, -0.25) is 0 Å². The van der Waals surface area contributed by atoms with Gasteiger partial charge >= 0.3 is 0 Å². The van der Waals surface area contributed by atoms with Gasteiger partial charge in [0.25, 0.3) is 0 Å². The summed E-state index contributed by atoms with van der Waals surface area (Å²) >= 11 is 0. The number of hydrogen-bond acceptors (Lipinski definition) is 4. The number of hydrogen-bond donors (Lipinski definition) is 0. The number of anilines is 1. The zero-order chi connectivity index (χ0) is 12.5. The van der Waals surface area contributed by atoms with Crippen LogP contribution in [0.1, 0.15) is 5.56 Å². The zero-order valence-electron chi connectivity index (χ0n) is 9.06. The quantitative estimate of drug-likeness (QED) is 0.748. The third-order valence-corrected chi connectivity index (χ3v) is 4.33. The van der Waals surface area contributed by atoms with Crippen molar-refractivity contribution in [2.45, 2.75) is 0 Å². The van der Waals surface area contributed by atoms with Gasteiger partial charge in [0, 0.05) is 18.8 Å². The Morgan fingerprint density at radius 1 is 1.24 bits per heavy atom. The van der Waals surface area contributed by atoms with Crippen LogP contribution in [0.25, 0.3) is 0 Å². The van der Waals surface area contributed by atoms with Crippen molar-refractivity contribution in [1.82, 2.24) is 0 Å². The molecule has 0 saturated carbocycles. The fourth-order valence-corrected chi connectivity index (χ4v) is 2.99. The highest BCUT2D eigenvalue weighted by Crippen LogP contribution is 2.20. The number of halogens is 1. The predicted molar refractivity (Wildman–Crippen MR) is 62.0 cm³/mol. The molecule has 17 heavy (non-hydrogen) atoms. The van der Waals surface area contributed by atoms with Crippen molar-refractivity contribution >= 4 is 15.5 Å². The smallest absolute Gasteiger partial charge is 0.153 e. The number of nitrogens with zero attached hydrogens (tertiary/aromatic N) is 2. The van der Waals surface area contributed by atoms with Crippen LogP contribution in [0.3, 0.4) is 0 Å². The number of benzene rings is 1. The molecule has 90 valence electrons. The molecule has 1 aliphatic rings. The molecule has 1 saturated heterocycles. The summed E-state index contributed by atoms with van der Waals surface area (Å²) in [5.41, 5.74) is 0.810. The van der Waals surface area contributed by atoms with Crippen molar-refractivity contribution < 1.29 is 12.8 Å². The van der Waals surface area contributed by atoms with Crippen LogP contribution in [0.5, 0.6) is 0 Å². The lowest BCUT2D eigenvalue weighted by Gasteiger charge is -2.28. The molecule has 1 heterocycles. The summed E-state index contributed by atoms with van der Waals surface area (Å²) in [5.74, 6) is -0.330. The molecule has 0 amide bonds. The minimum atomic E-state index is -2.95. The van der Waals surface area contributed by atoms with Crippen molar-refractivity contribution in [2.24, 2.45) is 0 Å². The standard InChI is InChI=1S/C11H11FN2O2S/c12-10-5-9(8-13)6-11(7-10)14-1-3-17(15,16)4-2-14/h5-7H,1-4H2. The Morgan fingerprint density at radius 3 is 2.47 bits per heavy atom. The van der Waals surface area contributed by atoms with Crippen LogP contribution in [0.4, 0.5) is 10.1 Å². The second-order valence-corrected chi connectivity index (χ2v) is 6.25. The second-order valence-electron chi connectivity index (χ2n) is 3.95. The minimum Gasteiger partial charge on any atom is -0.369 e. The van der Waals surface area contributed by atoms with E-state index in [1.54, 1.807) is 11.0 Å². The van der Waals surface area contributed by atoms with Gasteiger partial charge in [0.2, 0.25) is 0 Å². The molecule has 1 aromatic rings. The Kier molecular flexibility index (Phi) is 3.03. The minimum absolute atomic E-state index is 0.0748. The molecule has 6 heteroatoms. The molecule has 0 N–H and O–H groups in total. The first kappa shape index (κ1) is 11.9. The van der Waals surface area contributed by atoms with Crippen molar-refractivity contribution in [3.05, 3.63) is 29.6 Å². The maximum Gasteiger partial charge on any atom is 0.153 e. The van der Waals surface area contributed by atoms with Crippen molar-refractivity contribution in [3.63, 3.8) is 0 Å². The average molecular weight is 254 g/mol. The maximum atomic E-state index is 13.2. The highest BCUT2D eigenvalue weighted by atomic mass is 32.2. The average Bonchev–Trinajstić information content (AvgIpc) is 2.28. The summed E-state index contributed by atoms with van der Waals surface area (Å²) in [6, 6.07) is 5.92. The van der Waals surface area contributed by atoms with E-state index >= 15 is 0 Å². The van der Waals surface area contributed by atoms with E-state index in [1.807, 2.05) is 6.07 Å². The number of nitriles is 1. The van der Waals surface area contributed by atoms with Crippen LogP contribution in [0.15, 0.2) is 18.2 Å². The molecular formula is C11H11FN2O2S. The molecule has 1 fully saturated rings. The Labute approximate surface area is 99.2 Å². The van der Waals surface area contributed by atoms with Crippen LogP contribution < -0.4 is 4.90 Å². The first-order valence-electron chi connectivity index (χ1n) is 5.16. The van der Waals surface area contributed by atoms with Gasteiger partial charge in [0.15, 0.2) is 9.84 Å². The van der Waals surface area contributed by atoms with E-state index in [-0.39, 0.29) is 17.1 Å². The van der Waals surface area contributed by atoms with Crippen molar-refractivity contribution in [2.75, 3.05) is 29.5 Å². The summed E-state index contributed by atoms with van der Waals surface area (Å²) in [6.07, 6.45) is 0. The van der Waals surface area contributed by atoms with E-state index in [2.05, 4.69) is 0 Å². The van der Waals surface area contributed by atoms with E-state index in [0.29, 0.717) is 18.8 Å².